The maximum atomic E-state index is 12.1. The Morgan fingerprint density at radius 3 is 2.94 bits per heavy atom. The van der Waals surface area contributed by atoms with Gasteiger partial charge in [-0.25, -0.2) is 9.48 Å². The standard InChI is InChI=1S/C12H20N4O2/c1-9(2)16-11(5-6-13-16)14-12(18)15(7-8-17)10-3-4-10/h5-6,9-10,17H,3-4,7-8H2,1-2H3,(H,14,18). The number of anilines is 1. The second kappa shape index (κ2) is 5.39. The Balaban J connectivity index is 2.03. The van der Waals surface area contributed by atoms with Crippen molar-refractivity contribution in [2.24, 2.45) is 0 Å². The van der Waals surface area contributed by atoms with Crippen LogP contribution in [0.2, 0.25) is 0 Å². The lowest BCUT2D eigenvalue weighted by Gasteiger charge is -2.22. The molecule has 0 aromatic carbocycles. The molecule has 0 atom stereocenters. The van der Waals surface area contributed by atoms with E-state index in [-0.39, 0.29) is 24.7 Å². The predicted molar refractivity (Wildman–Crippen MR) is 68.4 cm³/mol. The van der Waals surface area contributed by atoms with Crippen molar-refractivity contribution in [2.45, 2.75) is 38.8 Å². The molecule has 1 heterocycles. The monoisotopic (exact) mass is 252 g/mol. The van der Waals surface area contributed by atoms with Gasteiger partial charge in [-0.05, 0) is 26.7 Å². The topological polar surface area (TPSA) is 70.4 Å². The van der Waals surface area contributed by atoms with Gasteiger partial charge in [-0.1, -0.05) is 0 Å². The highest BCUT2D eigenvalue weighted by Gasteiger charge is 2.32. The molecule has 0 aliphatic heterocycles. The summed E-state index contributed by atoms with van der Waals surface area (Å²) < 4.78 is 1.77. The van der Waals surface area contributed by atoms with Crippen LogP contribution >= 0.6 is 0 Å². The second-order valence-electron chi connectivity index (χ2n) is 4.83. The number of rotatable bonds is 5. The van der Waals surface area contributed by atoms with E-state index in [1.165, 1.54) is 0 Å². The number of amides is 2. The second-order valence-corrected chi connectivity index (χ2v) is 4.83. The van der Waals surface area contributed by atoms with Crippen molar-refractivity contribution in [3.8, 4) is 0 Å². The van der Waals surface area contributed by atoms with Crippen LogP contribution in [0.4, 0.5) is 10.6 Å². The van der Waals surface area contributed by atoms with Crippen LogP contribution in [-0.2, 0) is 0 Å². The first-order chi connectivity index (χ1) is 8.63. The van der Waals surface area contributed by atoms with Gasteiger partial charge in [0.1, 0.15) is 5.82 Å². The van der Waals surface area contributed by atoms with Gasteiger partial charge in [-0.2, -0.15) is 5.10 Å². The van der Waals surface area contributed by atoms with Crippen molar-refractivity contribution < 1.29 is 9.90 Å². The third-order valence-corrected chi connectivity index (χ3v) is 2.98. The molecule has 0 spiro atoms. The van der Waals surface area contributed by atoms with Crippen LogP contribution in [0.25, 0.3) is 0 Å². The number of aliphatic hydroxyl groups excluding tert-OH is 1. The summed E-state index contributed by atoms with van der Waals surface area (Å²) >= 11 is 0. The summed E-state index contributed by atoms with van der Waals surface area (Å²) in [5.41, 5.74) is 0. The molecule has 100 valence electrons. The highest BCUT2D eigenvalue weighted by Crippen LogP contribution is 2.27. The van der Waals surface area contributed by atoms with Crippen molar-refractivity contribution in [3.63, 3.8) is 0 Å². The Labute approximate surface area is 107 Å². The SMILES string of the molecule is CC(C)n1nccc1NC(=O)N(CCO)C1CC1. The molecule has 1 aromatic rings. The molecule has 6 nitrogen and oxygen atoms in total. The summed E-state index contributed by atoms with van der Waals surface area (Å²) in [7, 11) is 0. The number of hydrogen-bond acceptors (Lipinski definition) is 3. The molecule has 2 amide bonds. The number of aliphatic hydroxyl groups is 1. The minimum atomic E-state index is -0.158. The van der Waals surface area contributed by atoms with Crippen molar-refractivity contribution in [1.29, 1.82) is 0 Å². The lowest BCUT2D eigenvalue weighted by Crippen LogP contribution is -2.39. The summed E-state index contributed by atoms with van der Waals surface area (Å²) in [5, 5.41) is 16.0. The molecule has 0 radical (unpaired) electrons. The van der Waals surface area contributed by atoms with Gasteiger partial charge in [0.2, 0.25) is 0 Å². The molecule has 1 aliphatic rings. The number of urea groups is 1. The van der Waals surface area contributed by atoms with Crippen LogP contribution in [-0.4, -0.2) is 45.0 Å². The molecule has 0 bridgehead atoms. The van der Waals surface area contributed by atoms with Crippen molar-refractivity contribution in [3.05, 3.63) is 12.3 Å². The van der Waals surface area contributed by atoms with E-state index in [1.54, 1.807) is 21.8 Å². The molecular formula is C12H20N4O2. The molecule has 1 saturated carbocycles. The Morgan fingerprint density at radius 2 is 2.39 bits per heavy atom. The number of nitrogens with one attached hydrogen (secondary N) is 1. The van der Waals surface area contributed by atoms with Gasteiger partial charge >= 0.3 is 6.03 Å². The van der Waals surface area contributed by atoms with Crippen LogP contribution in [0.1, 0.15) is 32.7 Å². The van der Waals surface area contributed by atoms with E-state index in [0.717, 1.165) is 12.8 Å². The lowest BCUT2D eigenvalue weighted by atomic mass is 10.4. The van der Waals surface area contributed by atoms with Crippen LogP contribution in [0, 0.1) is 0 Å². The number of carbonyl (C=O) groups excluding carboxylic acids is 1. The van der Waals surface area contributed by atoms with Gasteiger partial charge in [-0.15, -0.1) is 0 Å². The molecule has 2 N–H and O–H groups in total. The molecule has 2 rings (SSSR count). The number of hydrogen-bond donors (Lipinski definition) is 2. The van der Waals surface area contributed by atoms with Crippen LogP contribution in [0.5, 0.6) is 0 Å². The van der Waals surface area contributed by atoms with Gasteiger partial charge < -0.3 is 10.0 Å². The van der Waals surface area contributed by atoms with E-state index in [9.17, 15) is 4.79 Å². The first-order valence-corrected chi connectivity index (χ1v) is 6.35. The molecule has 1 fully saturated rings. The Hall–Kier alpha value is -1.56. The largest absolute Gasteiger partial charge is 0.395 e. The quantitative estimate of drug-likeness (QED) is 0.833. The summed E-state index contributed by atoms with van der Waals surface area (Å²) in [6.45, 7) is 4.39. The van der Waals surface area contributed by atoms with Crippen LogP contribution in [0.15, 0.2) is 12.3 Å². The molecular weight excluding hydrogens is 232 g/mol. The minimum Gasteiger partial charge on any atom is -0.395 e. The number of aromatic nitrogens is 2. The van der Waals surface area contributed by atoms with Gasteiger partial charge in [0.05, 0.1) is 12.8 Å². The zero-order valence-corrected chi connectivity index (χ0v) is 10.8. The fourth-order valence-electron chi connectivity index (χ4n) is 1.95. The molecule has 18 heavy (non-hydrogen) atoms. The minimum absolute atomic E-state index is 0.00658. The molecule has 0 unspecified atom stereocenters. The zero-order valence-electron chi connectivity index (χ0n) is 10.8. The summed E-state index contributed by atoms with van der Waals surface area (Å²) in [6.07, 6.45) is 3.72. The summed E-state index contributed by atoms with van der Waals surface area (Å²) in [4.78, 5) is 13.8. The van der Waals surface area contributed by atoms with Crippen LogP contribution < -0.4 is 5.32 Å². The fourth-order valence-corrected chi connectivity index (χ4v) is 1.95. The number of carbonyl (C=O) groups is 1. The smallest absolute Gasteiger partial charge is 0.323 e. The highest BCUT2D eigenvalue weighted by atomic mass is 16.3. The maximum absolute atomic E-state index is 12.1. The lowest BCUT2D eigenvalue weighted by molar-refractivity contribution is 0.185. The van der Waals surface area contributed by atoms with E-state index in [1.807, 2.05) is 13.8 Å². The van der Waals surface area contributed by atoms with Gasteiger partial charge in [-0.3, -0.25) is 5.32 Å². The first-order valence-electron chi connectivity index (χ1n) is 6.35. The summed E-state index contributed by atoms with van der Waals surface area (Å²) in [6, 6.07) is 2.10. The third-order valence-electron chi connectivity index (χ3n) is 2.98. The predicted octanol–water partition coefficient (Wildman–Crippen LogP) is 1.45. The van der Waals surface area contributed by atoms with Gasteiger partial charge in [0, 0.05) is 24.7 Å². The zero-order chi connectivity index (χ0) is 13.1. The Bertz CT molecular complexity index is 412. The first kappa shape index (κ1) is 12.9. The third kappa shape index (κ3) is 2.81. The Morgan fingerprint density at radius 1 is 1.67 bits per heavy atom. The molecule has 1 aliphatic carbocycles. The average molecular weight is 252 g/mol. The average Bonchev–Trinajstić information content (AvgIpc) is 3.05. The molecule has 1 aromatic heterocycles. The highest BCUT2D eigenvalue weighted by molar-refractivity contribution is 5.88. The Kier molecular flexibility index (Phi) is 3.86. The van der Waals surface area contributed by atoms with Gasteiger partial charge in [0.15, 0.2) is 0 Å². The van der Waals surface area contributed by atoms with E-state index < -0.39 is 0 Å². The van der Waals surface area contributed by atoms with Crippen molar-refractivity contribution in [2.75, 3.05) is 18.5 Å². The van der Waals surface area contributed by atoms with Crippen molar-refractivity contribution >= 4 is 11.8 Å². The normalized spacial score (nSPS) is 14.9. The maximum Gasteiger partial charge on any atom is 0.323 e. The molecule has 0 saturated heterocycles. The van der Waals surface area contributed by atoms with E-state index in [4.69, 9.17) is 5.11 Å². The summed E-state index contributed by atoms with van der Waals surface area (Å²) in [5.74, 6) is 0.693. The van der Waals surface area contributed by atoms with Gasteiger partial charge in [0.25, 0.3) is 0 Å². The molecule has 6 heteroatoms. The fraction of sp³-hybridized carbons (Fsp3) is 0.667. The van der Waals surface area contributed by atoms with E-state index in [0.29, 0.717) is 12.4 Å². The van der Waals surface area contributed by atoms with Crippen LogP contribution in [0.3, 0.4) is 0 Å². The van der Waals surface area contributed by atoms with Crippen molar-refractivity contribution in [1.82, 2.24) is 14.7 Å². The van der Waals surface area contributed by atoms with E-state index in [2.05, 4.69) is 10.4 Å². The van der Waals surface area contributed by atoms with E-state index >= 15 is 0 Å². The number of nitrogens with zero attached hydrogens (tertiary/aromatic N) is 3.